The second kappa shape index (κ2) is 12.1. The number of rotatable bonds is 5. The molecule has 0 unspecified atom stereocenters. The number of hydrogen-bond donors (Lipinski definition) is 0. The van der Waals surface area contributed by atoms with Crippen molar-refractivity contribution in [2.24, 2.45) is 0 Å². The van der Waals surface area contributed by atoms with Crippen molar-refractivity contribution in [3.05, 3.63) is 175 Å². The van der Waals surface area contributed by atoms with Crippen LogP contribution in [-0.2, 0) is 5.41 Å². The molecule has 0 spiro atoms. The van der Waals surface area contributed by atoms with Gasteiger partial charge in [-0.2, -0.15) is 0 Å². The van der Waals surface area contributed by atoms with Gasteiger partial charge in [-0.05, 0) is 68.8 Å². The van der Waals surface area contributed by atoms with Gasteiger partial charge in [-0.1, -0.05) is 141 Å². The van der Waals surface area contributed by atoms with Crippen LogP contribution in [0.2, 0.25) is 0 Å². The smallest absolute Gasteiger partial charge is 0.164 e. The van der Waals surface area contributed by atoms with E-state index in [0.717, 1.165) is 49.6 Å². The number of nitrogens with zero attached hydrogens (tertiary/aromatic N) is 5. The Kier molecular flexibility index (Phi) is 7.08. The van der Waals surface area contributed by atoms with Gasteiger partial charge in [0.2, 0.25) is 0 Å². The van der Waals surface area contributed by atoms with Gasteiger partial charge in [0, 0.05) is 45.3 Å². The summed E-state index contributed by atoms with van der Waals surface area (Å²) in [5.41, 5.74) is 14.7. The maximum absolute atomic E-state index is 5.07. The van der Waals surface area contributed by atoms with Crippen molar-refractivity contribution in [1.29, 1.82) is 0 Å². The Bertz CT molecular complexity index is 2750. The molecule has 0 saturated carbocycles. The third-order valence-electron chi connectivity index (χ3n) is 10.7. The van der Waals surface area contributed by atoms with E-state index in [4.69, 9.17) is 15.0 Å². The first-order chi connectivity index (χ1) is 26.0. The molecule has 53 heavy (non-hydrogen) atoms. The van der Waals surface area contributed by atoms with Crippen LogP contribution >= 0.6 is 0 Å². The number of aromatic nitrogens is 5. The lowest BCUT2D eigenvalue weighted by molar-refractivity contribution is 0.662. The highest BCUT2D eigenvalue weighted by atomic mass is 15.0. The molecule has 0 radical (unpaired) electrons. The zero-order valence-electron chi connectivity index (χ0n) is 29.3. The molecule has 0 N–H and O–H groups in total. The molecule has 5 nitrogen and oxygen atoms in total. The maximum Gasteiger partial charge on any atom is 0.164 e. The molecule has 0 fully saturated rings. The lowest BCUT2D eigenvalue weighted by atomic mass is 9.79. The molecule has 0 bridgehead atoms. The summed E-state index contributed by atoms with van der Waals surface area (Å²) < 4.78 is 0. The van der Waals surface area contributed by atoms with Gasteiger partial charge in [0.1, 0.15) is 0 Å². The van der Waals surface area contributed by atoms with Crippen LogP contribution in [0.15, 0.2) is 164 Å². The minimum absolute atomic E-state index is 0.0687. The van der Waals surface area contributed by atoms with Crippen LogP contribution in [0.4, 0.5) is 0 Å². The van der Waals surface area contributed by atoms with Gasteiger partial charge in [0.05, 0.1) is 11.0 Å². The number of benzene rings is 6. The van der Waals surface area contributed by atoms with Gasteiger partial charge in [-0.3, -0.25) is 9.97 Å². The van der Waals surface area contributed by atoms with Crippen LogP contribution < -0.4 is 0 Å². The molecule has 250 valence electrons. The molecule has 0 aliphatic heterocycles. The van der Waals surface area contributed by atoms with Crippen molar-refractivity contribution in [3.8, 4) is 67.5 Å². The quantitative estimate of drug-likeness (QED) is 0.181. The second-order valence-electron chi connectivity index (χ2n) is 14.1. The van der Waals surface area contributed by atoms with E-state index in [-0.39, 0.29) is 5.41 Å². The van der Waals surface area contributed by atoms with Crippen LogP contribution in [0.3, 0.4) is 0 Å². The standard InChI is InChI=1S/C48H33N5/c1-48(2)41-15-6-3-10-35(41)38-14-9-13-34(44(38)48)32-22-18-30(19-23-32)31-20-24-33(25-21-31)45-51-46(39-26-28-49-42-16-7-4-11-36(39)42)53-47(52-45)40-27-29-50-43-17-8-5-12-37(40)43/h3-29H,1-2H3. The SMILES string of the molecule is CC1(C)c2ccccc2-c2cccc(-c3ccc(-c4ccc(-c5nc(-c6ccnc7ccccc67)nc(-c6ccnc7ccccc67)n5)cc4)cc3)c21. The van der Waals surface area contributed by atoms with E-state index in [1.807, 2.05) is 60.9 Å². The first kappa shape index (κ1) is 30.9. The summed E-state index contributed by atoms with van der Waals surface area (Å²) >= 11 is 0. The summed E-state index contributed by atoms with van der Waals surface area (Å²) in [5.74, 6) is 1.81. The number of hydrogen-bond acceptors (Lipinski definition) is 5. The van der Waals surface area contributed by atoms with E-state index in [2.05, 4.69) is 127 Å². The number of pyridine rings is 2. The predicted octanol–water partition coefficient (Wildman–Crippen LogP) is 11.6. The van der Waals surface area contributed by atoms with Crippen LogP contribution in [-0.4, -0.2) is 24.9 Å². The highest BCUT2D eigenvalue weighted by Crippen LogP contribution is 2.52. The topological polar surface area (TPSA) is 64.5 Å². The lowest BCUT2D eigenvalue weighted by Crippen LogP contribution is -2.16. The van der Waals surface area contributed by atoms with Crippen LogP contribution in [0.1, 0.15) is 25.0 Å². The van der Waals surface area contributed by atoms with E-state index < -0.39 is 0 Å². The first-order valence-electron chi connectivity index (χ1n) is 17.9. The summed E-state index contributed by atoms with van der Waals surface area (Å²) in [7, 11) is 0. The normalized spacial score (nSPS) is 12.9. The van der Waals surface area contributed by atoms with Gasteiger partial charge >= 0.3 is 0 Å². The molecule has 10 rings (SSSR count). The fraction of sp³-hybridized carbons (Fsp3) is 0.0625. The van der Waals surface area contributed by atoms with E-state index >= 15 is 0 Å². The Morgan fingerprint density at radius 2 is 0.830 bits per heavy atom. The molecule has 5 heteroatoms. The molecular formula is C48H33N5. The van der Waals surface area contributed by atoms with E-state index in [0.29, 0.717) is 17.5 Å². The van der Waals surface area contributed by atoms with Crippen molar-refractivity contribution in [1.82, 2.24) is 24.9 Å². The van der Waals surface area contributed by atoms with E-state index in [9.17, 15) is 0 Å². The Labute approximate surface area is 307 Å². The Hall–Kier alpha value is -6.85. The van der Waals surface area contributed by atoms with Crippen molar-refractivity contribution >= 4 is 21.8 Å². The average Bonchev–Trinajstić information content (AvgIpc) is 3.46. The minimum atomic E-state index is -0.0687. The molecule has 0 amide bonds. The van der Waals surface area contributed by atoms with Crippen molar-refractivity contribution < 1.29 is 0 Å². The maximum atomic E-state index is 5.07. The molecule has 3 aromatic heterocycles. The Morgan fingerprint density at radius 3 is 1.45 bits per heavy atom. The predicted molar refractivity (Wildman–Crippen MR) is 215 cm³/mol. The number of para-hydroxylation sites is 2. The van der Waals surface area contributed by atoms with Crippen molar-refractivity contribution in [2.75, 3.05) is 0 Å². The third kappa shape index (κ3) is 5.12. The fourth-order valence-corrected chi connectivity index (χ4v) is 8.07. The first-order valence-corrected chi connectivity index (χ1v) is 17.9. The highest BCUT2D eigenvalue weighted by molar-refractivity contribution is 5.95. The van der Waals surface area contributed by atoms with Crippen LogP contribution in [0.25, 0.3) is 89.4 Å². The minimum Gasteiger partial charge on any atom is -0.256 e. The fourth-order valence-electron chi connectivity index (χ4n) is 8.07. The molecule has 0 saturated heterocycles. The van der Waals surface area contributed by atoms with Crippen LogP contribution in [0.5, 0.6) is 0 Å². The molecule has 1 aliphatic rings. The summed E-state index contributed by atoms with van der Waals surface area (Å²) in [5, 5.41) is 1.98. The van der Waals surface area contributed by atoms with Gasteiger partial charge in [0.25, 0.3) is 0 Å². The summed E-state index contributed by atoms with van der Waals surface area (Å²) in [4.78, 5) is 24.4. The molecule has 3 heterocycles. The second-order valence-corrected chi connectivity index (χ2v) is 14.1. The third-order valence-corrected chi connectivity index (χ3v) is 10.7. The molecular weight excluding hydrogens is 647 g/mol. The monoisotopic (exact) mass is 679 g/mol. The molecule has 6 aromatic carbocycles. The molecule has 9 aromatic rings. The zero-order valence-corrected chi connectivity index (χ0v) is 29.3. The summed E-state index contributed by atoms with van der Waals surface area (Å²) in [6.45, 7) is 4.68. The van der Waals surface area contributed by atoms with Crippen LogP contribution in [0, 0.1) is 0 Å². The highest BCUT2D eigenvalue weighted by Gasteiger charge is 2.37. The summed E-state index contributed by atoms with van der Waals surface area (Å²) in [6, 6.07) is 53.1. The zero-order chi connectivity index (χ0) is 35.5. The van der Waals surface area contributed by atoms with E-state index in [1.165, 1.54) is 33.4 Å². The van der Waals surface area contributed by atoms with E-state index in [1.54, 1.807) is 0 Å². The number of fused-ring (bicyclic) bond motifs is 5. The lowest BCUT2D eigenvalue weighted by Gasteiger charge is -2.24. The van der Waals surface area contributed by atoms with Gasteiger partial charge in [0.15, 0.2) is 17.5 Å². The van der Waals surface area contributed by atoms with Crippen molar-refractivity contribution in [3.63, 3.8) is 0 Å². The van der Waals surface area contributed by atoms with Gasteiger partial charge in [-0.15, -0.1) is 0 Å². The van der Waals surface area contributed by atoms with Gasteiger partial charge in [-0.25, -0.2) is 15.0 Å². The molecule has 1 aliphatic carbocycles. The Morgan fingerprint density at radius 1 is 0.358 bits per heavy atom. The van der Waals surface area contributed by atoms with Crippen molar-refractivity contribution in [2.45, 2.75) is 19.3 Å². The average molecular weight is 680 g/mol. The Balaban J connectivity index is 1.03. The largest absolute Gasteiger partial charge is 0.256 e. The van der Waals surface area contributed by atoms with Gasteiger partial charge < -0.3 is 0 Å². The molecule has 0 atom stereocenters. The summed E-state index contributed by atoms with van der Waals surface area (Å²) in [6.07, 6.45) is 3.63.